The third-order valence-corrected chi connectivity index (χ3v) is 4.17. The molecule has 0 radical (unpaired) electrons. The van der Waals surface area contributed by atoms with Crippen molar-refractivity contribution in [2.75, 3.05) is 0 Å². The van der Waals surface area contributed by atoms with Gasteiger partial charge in [0.1, 0.15) is 0 Å². The molecule has 0 fully saturated rings. The molecule has 2 heterocycles. The van der Waals surface area contributed by atoms with Crippen molar-refractivity contribution in [3.8, 4) is 0 Å². The van der Waals surface area contributed by atoms with Crippen LogP contribution in [0.15, 0.2) is 36.0 Å². The van der Waals surface area contributed by atoms with Crippen LogP contribution >= 0.6 is 11.3 Å². The van der Waals surface area contributed by atoms with Crippen molar-refractivity contribution in [1.29, 1.82) is 0 Å². The average molecular weight is 315 g/mol. The second-order valence-electron chi connectivity index (χ2n) is 4.65. The van der Waals surface area contributed by atoms with Crippen LogP contribution in [0.5, 0.6) is 0 Å². The van der Waals surface area contributed by atoms with Gasteiger partial charge in [0.05, 0.1) is 5.56 Å². The highest BCUT2D eigenvalue weighted by atomic mass is 32.1. The summed E-state index contributed by atoms with van der Waals surface area (Å²) in [7, 11) is 0. The van der Waals surface area contributed by atoms with Crippen molar-refractivity contribution in [3.05, 3.63) is 52.0 Å². The largest absolute Gasteiger partial charge is 0.416 e. The number of nitrogens with one attached hydrogen (secondary N) is 1. The van der Waals surface area contributed by atoms with E-state index in [-0.39, 0.29) is 5.56 Å². The molecular weight excluding hydrogens is 299 g/mol. The lowest BCUT2D eigenvalue weighted by Gasteiger charge is -2.20. The van der Waals surface area contributed by atoms with Gasteiger partial charge in [-0.15, -0.1) is 11.3 Å². The number of hydrogen-bond donors (Lipinski definition) is 2. The highest BCUT2D eigenvalue weighted by molar-refractivity contribution is 7.09. The maximum atomic E-state index is 13.0. The molecule has 0 amide bonds. The van der Waals surface area contributed by atoms with E-state index in [9.17, 15) is 13.2 Å². The van der Waals surface area contributed by atoms with Gasteiger partial charge in [-0.3, -0.25) is 16.3 Å². The quantitative estimate of drug-likeness (QED) is 0.631. The summed E-state index contributed by atoms with van der Waals surface area (Å²) in [6, 6.07) is 4.40. The maximum absolute atomic E-state index is 13.0. The van der Waals surface area contributed by atoms with Crippen LogP contribution in [0.3, 0.4) is 0 Å². The average Bonchev–Trinajstić information content (AvgIpc) is 2.96. The van der Waals surface area contributed by atoms with Crippen molar-refractivity contribution >= 4 is 11.3 Å². The van der Waals surface area contributed by atoms with Crippen LogP contribution in [0.1, 0.15) is 34.9 Å². The minimum atomic E-state index is -4.40. The van der Waals surface area contributed by atoms with E-state index >= 15 is 0 Å². The second-order valence-corrected chi connectivity index (χ2v) is 5.68. The molecular formula is C14H16F3N3S. The lowest BCUT2D eigenvalue weighted by molar-refractivity contribution is -0.138. The normalized spacial score (nSPS) is 13.3. The van der Waals surface area contributed by atoms with Gasteiger partial charge < -0.3 is 0 Å². The van der Waals surface area contributed by atoms with Crippen molar-refractivity contribution in [3.63, 3.8) is 0 Å². The molecule has 1 atom stereocenters. The zero-order valence-electron chi connectivity index (χ0n) is 11.2. The summed E-state index contributed by atoms with van der Waals surface area (Å²) in [5.41, 5.74) is 1.89. The van der Waals surface area contributed by atoms with Gasteiger partial charge in [-0.25, -0.2) is 0 Å². The third kappa shape index (κ3) is 4.26. The molecule has 2 rings (SSSR count). The number of pyridine rings is 1. The summed E-state index contributed by atoms with van der Waals surface area (Å²) >= 11 is 1.64. The lowest BCUT2D eigenvalue weighted by atomic mass is 9.98. The molecule has 0 aliphatic rings. The summed E-state index contributed by atoms with van der Waals surface area (Å²) in [6.07, 6.45) is 0.0768. The smallest absolute Gasteiger partial charge is 0.271 e. The molecule has 0 bridgehead atoms. The van der Waals surface area contributed by atoms with Crippen LogP contribution in [0.25, 0.3) is 0 Å². The van der Waals surface area contributed by atoms with Gasteiger partial charge >= 0.3 is 6.18 Å². The predicted molar refractivity (Wildman–Crippen MR) is 76.6 cm³/mol. The molecule has 0 saturated carbocycles. The van der Waals surface area contributed by atoms with E-state index in [0.29, 0.717) is 6.42 Å². The topological polar surface area (TPSA) is 50.9 Å². The second kappa shape index (κ2) is 7.02. The number of hydrogen-bond acceptors (Lipinski definition) is 4. The molecule has 1 unspecified atom stereocenters. The van der Waals surface area contributed by atoms with Crippen LogP contribution in [0, 0.1) is 0 Å². The number of nitrogens with zero attached hydrogens (tertiary/aromatic N) is 1. The van der Waals surface area contributed by atoms with Gasteiger partial charge in [0.2, 0.25) is 0 Å². The Bertz CT molecular complexity index is 555. The van der Waals surface area contributed by atoms with Crippen LogP contribution in [0.4, 0.5) is 13.2 Å². The monoisotopic (exact) mass is 315 g/mol. The van der Waals surface area contributed by atoms with Gasteiger partial charge in [-0.05, 0) is 36.8 Å². The zero-order chi connectivity index (χ0) is 15.3. The number of halogens is 3. The first-order valence-corrected chi connectivity index (χ1v) is 7.40. The molecule has 2 aromatic rings. The number of thiophene rings is 1. The first-order valence-electron chi connectivity index (χ1n) is 6.52. The molecule has 0 aliphatic carbocycles. The van der Waals surface area contributed by atoms with E-state index in [2.05, 4.69) is 10.4 Å². The molecule has 0 spiro atoms. The Morgan fingerprint density at radius 3 is 2.76 bits per heavy atom. The van der Waals surface area contributed by atoms with E-state index in [4.69, 9.17) is 5.84 Å². The maximum Gasteiger partial charge on any atom is 0.416 e. The van der Waals surface area contributed by atoms with Gasteiger partial charge in [0.25, 0.3) is 0 Å². The standard InChI is InChI=1S/C14H16F3N3S/c15-14(16,17)12-6-7-19-9-11(12)13(20-18)5-1-3-10-4-2-8-21-10/h2,4,6-9,13,20H,1,3,5,18H2. The summed E-state index contributed by atoms with van der Waals surface area (Å²) in [5.74, 6) is 5.43. The van der Waals surface area contributed by atoms with E-state index in [1.807, 2.05) is 17.5 Å². The fourth-order valence-corrected chi connectivity index (χ4v) is 2.96. The van der Waals surface area contributed by atoms with Crippen LogP contribution < -0.4 is 11.3 Å². The molecule has 3 N–H and O–H groups in total. The van der Waals surface area contributed by atoms with Gasteiger partial charge in [-0.2, -0.15) is 13.2 Å². The number of nitrogens with two attached hydrogens (primary N) is 1. The highest BCUT2D eigenvalue weighted by Crippen LogP contribution is 2.35. The summed E-state index contributed by atoms with van der Waals surface area (Å²) in [5, 5.41) is 1.98. The Balaban J connectivity index is 2.07. The van der Waals surface area contributed by atoms with Crippen molar-refractivity contribution in [1.82, 2.24) is 10.4 Å². The SMILES string of the molecule is NNC(CCCc1cccs1)c1cnccc1C(F)(F)F. The molecule has 3 nitrogen and oxygen atoms in total. The Hall–Kier alpha value is -1.44. The van der Waals surface area contributed by atoms with Crippen LogP contribution in [-0.4, -0.2) is 4.98 Å². The minimum Gasteiger partial charge on any atom is -0.271 e. The molecule has 0 saturated heterocycles. The third-order valence-electron chi connectivity index (χ3n) is 3.23. The van der Waals surface area contributed by atoms with Crippen molar-refractivity contribution in [2.24, 2.45) is 5.84 Å². The van der Waals surface area contributed by atoms with Crippen LogP contribution in [0.2, 0.25) is 0 Å². The first kappa shape index (κ1) is 15.9. The zero-order valence-corrected chi connectivity index (χ0v) is 12.0. The van der Waals surface area contributed by atoms with Crippen molar-refractivity contribution < 1.29 is 13.2 Å². The Labute approximate surface area is 125 Å². The van der Waals surface area contributed by atoms with E-state index in [0.717, 1.165) is 25.1 Å². The number of aryl methyl sites for hydroxylation is 1. The molecule has 0 aromatic carbocycles. The molecule has 114 valence electrons. The number of rotatable bonds is 6. The van der Waals surface area contributed by atoms with Crippen molar-refractivity contribution in [2.45, 2.75) is 31.5 Å². The Morgan fingerprint density at radius 2 is 2.14 bits per heavy atom. The highest BCUT2D eigenvalue weighted by Gasteiger charge is 2.35. The fraction of sp³-hybridized carbons (Fsp3) is 0.357. The van der Waals surface area contributed by atoms with Gasteiger partial charge in [-0.1, -0.05) is 6.07 Å². The van der Waals surface area contributed by atoms with Gasteiger partial charge in [0, 0.05) is 28.9 Å². The summed E-state index contributed by atoms with van der Waals surface area (Å²) < 4.78 is 39.0. The van der Waals surface area contributed by atoms with Crippen LogP contribution in [-0.2, 0) is 12.6 Å². The van der Waals surface area contributed by atoms with E-state index in [1.54, 1.807) is 11.3 Å². The summed E-state index contributed by atoms with van der Waals surface area (Å²) in [4.78, 5) is 5.01. The number of hydrazine groups is 1. The number of aromatic nitrogens is 1. The molecule has 2 aromatic heterocycles. The molecule has 0 aliphatic heterocycles. The summed E-state index contributed by atoms with van der Waals surface area (Å²) in [6.45, 7) is 0. The molecule has 21 heavy (non-hydrogen) atoms. The lowest BCUT2D eigenvalue weighted by Crippen LogP contribution is -2.30. The Kier molecular flexibility index (Phi) is 5.33. The molecule has 7 heteroatoms. The van der Waals surface area contributed by atoms with E-state index < -0.39 is 17.8 Å². The van der Waals surface area contributed by atoms with Gasteiger partial charge in [0.15, 0.2) is 0 Å². The van der Waals surface area contributed by atoms with E-state index in [1.165, 1.54) is 11.1 Å². The number of alkyl halides is 3. The predicted octanol–water partition coefficient (Wildman–Crippen LogP) is 3.69. The fourth-order valence-electron chi connectivity index (χ4n) is 2.21. The Morgan fingerprint density at radius 1 is 1.33 bits per heavy atom. The minimum absolute atomic E-state index is 0.0960. The first-order chi connectivity index (χ1) is 10.0.